The van der Waals surface area contributed by atoms with Gasteiger partial charge in [-0.05, 0) is 49.5 Å². The zero-order chi connectivity index (χ0) is 16.2. The van der Waals surface area contributed by atoms with Crippen LogP contribution in [0.3, 0.4) is 0 Å². The second-order valence-electron chi connectivity index (χ2n) is 6.51. The van der Waals surface area contributed by atoms with Gasteiger partial charge in [0.15, 0.2) is 0 Å². The lowest BCUT2D eigenvalue weighted by Gasteiger charge is -2.26. The van der Waals surface area contributed by atoms with Gasteiger partial charge in [-0.25, -0.2) is 4.39 Å². The first kappa shape index (κ1) is 16.9. The highest BCUT2D eigenvalue weighted by molar-refractivity contribution is 5.78. The summed E-state index contributed by atoms with van der Waals surface area (Å²) in [5.41, 5.74) is 6.75. The normalized spacial score (nSPS) is 22.0. The van der Waals surface area contributed by atoms with E-state index >= 15 is 0 Å². The number of carbonyl (C=O) groups excluding carboxylic acids is 1. The first-order valence-electron chi connectivity index (χ1n) is 7.90. The van der Waals surface area contributed by atoms with Gasteiger partial charge in [-0.3, -0.25) is 9.69 Å². The fourth-order valence-corrected chi connectivity index (χ4v) is 2.95. The third-order valence-electron chi connectivity index (χ3n) is 4.49. The molecule has 22 heavy (non-hydrogen) atoms. The Morgan fingerprint density at radius 2 is 2.27 bits per heavy atom. The van der Waals surface area contributed by atoms with Gasteiger partial charge in [0.1, 0.15) is 5.82 Å². The van der Waals surface area contributed by atoms with Crippen molar-refractivity contribution in [3.05, 3.63) is 35.6 Å². The van der Waals surface area contributed by atoms with E-state index in [1.54, 1.807) is 11.0 Å². The Labute approximate surface area is 132 Å². The molecule has 1 fully saturated rings. The van der Waals surface area contributed by atoms with Crippen LogP contribution in [0.25, 0.3) is 0 Å². The van der Waals surface area contributed by atoms with Crippen molar-refractivity contribution in [2.24, 2.45) is 11.1 Å². The Hall–Kier alpha value is -1.46. The zero-order valence-corrected chi connectivity index (χ0v) is 13.5. The fraction of sp³-hybridized carbons (Fsp3) is 0.588. The standard InChI is InChI=1S/C17H26FN3O/c1-3-21(10-14-5-4-6-15(18)9-14)16(22)11-20-8-7-17(2,12-19)13-20/h4-6,9H,3,7-8,10-13,19H2,1-2H3. The molecule has 1 aromatic carbocycles. The molecule has 1 atom stereocenters. The van der Waals surface area contributed by atoms with Gasteiger partial charge in [-0.2, -0.15) is 0 Å². The molecule has 1 aliphatic heterocycles. The van der Waals surface area contributed by atoms with Crippen molar-refractivity contribution >= 4 is 5.91 Å². The van der Waals surface area contributed by atoms with E-state index in [0.29, 0.717) is 26.2 Å². The number of hydrogen-bond donors (Lipinski definition) is 1. The largest absolute Gasteiger partial charge is 0.338 e. The van der Waals surface area contributed by atoms with E-state index < -0.39 is 0 Å². The maximum atomic E-state index is 13.3. The molecule has 0 bridgehead atoms. The number of hydrogen-bond acceptors (Lipinski definition) is 3. The summed E-state index contributed by atoms with van der Waals surface area (Å²) < 4.78 is 13.3. The Morgan fingerprint density at radius 3 is 2.86 bits per heavy atom. The smallest absolute Gasteiger partial charge is 0.237 e. The lowest BCUT2D eigenvalue weighted by molar-refractivity contribution is -0.132. The van der Waals surface area contributed by atoms with Crippen LogP contribution in [0.5, 0.6) is 0 Å². The fourth-order valence-electron chi connectivity index (χ4n) is 2.95. The molecule has 1 amide bonds. The van der Waals surface area contributed by atoms with Crippen LogP contribution in [0.4, 0.5) is 4.39 Å². The van der Waals surface area contributed by atoms with Crippen LogP contribution in [-0.2, 0) is 11.3 Å². The maximum Gasteiger partial charge on any atom is 0.237 e. The number of benzene rings is 1. The number of halogens is 1. The number of likely N-dealkylation sites (tertiary alicyclic amines) is 1. The predicted octanol–water partition coefficient (Wildman–Crippen LogP) is 1.84. The molecule has 0 aliphatic carbocycles. The van der Waals surface area contributed by atoms with E-state index in [4.69, 9.17) is 5.73 Å². The number of nitrogens with two attached hydrogens (primary N) is 1. The molecule has 5 heteroatoms. The van der Waals surface area contributed by atoms with Crippen LogP contribution >= 0.6 is 0 Å². The average molecular weight is 307 g/mol. The molecule has 1 heterocycles. The lowest BCUT2D eigenvalue weighted by atomic mass is 9.90. The Morgan fingerprint density at radius 1 is 1.50 bits per heavy atom. The summed E-state index contributed by atoms with van der Waals surface area (Å²) in [6.07, 6.45) is 1.03. The highest BCUT2D eigenvalue weighted by Gasteiger charge is 2.33. The molecule has 1 aliphatic rings. The number of rotatable bonds is 6. The van der Waals surface area contributed by atoms with E-state index in [0.717, 1.165) is 25.1 Å². The number of nitrogens with zero attached hydrogens (tertiary/aromatic N) is 2. The zero-order valence-electron chi connectivity index (χ0n) is 13.5. The molecular weight excluding hydrogens is 281 g/mol. The number of amides is 1. The van der Waals surface area contributed by atoms with Crippen molar-refractivity contribution in [3.63, 3.8) is 0 Å². The van der Waals surface area contributed by atoms with Crippen LogP contribution in [0, 0.1) is 11.2 Å². The summed E-state index contributed by atoms with van der Waals surface area (Å²) in [6.45, 7) is 8.04. The SMILES string of the molecule is CCN(Cc1cccc(F)c1)C(=O)CN1CCC(C)(CN)C1. The molecule has 0 aromatic heterocycles. The summed E-state index contributed by atoms with van der Waals surface area (Å²) in [5, 5.41) is 0. The predicted molar refractivity (Wildman–Crippen MR) is 85.7 cm³/mol. The Kier molecular flexibility index (Phi) is 5.53. The molecule has 2 rings (SSSR count). The molecule has 0 radical (unpaired) electrons. The van der Waals surface area contributed by atoms with Gasteiger partial charge >= 0.3 is 0 Å². The third-order valence-corrected chi connectivity index (χ3v) is 4.49. The first-order chi connectivity index (χ1) is 10.5. The van der Waals surface area contributed by atoms with Crippen molar-refractivity contribution in [2.45, 2.75) is 26.8 Å². The van der Waals surface area contributed by atoms with Crippen LogP contribution in [0.1, 0.15) is 25.8 Å². The molecule has 1 unspecified atom stereocenters. The first-order valence-corrected chi connectivity index (χ1v) is 7.90. The number of carbonyl (C=O) groups is 1. The van der Waals surface area contributed by atoms with Crippen LogP contribution in [0.2, 0.25) is 0 Å². The van der Waals surface area contributed by atoms with E-state index in [1.165, 1.54) is 12.1 Å². The van der Waals surface area contributed by atoms with E-state index in [1.807, 2.05) is 13.0 Å². The van der Waals surface area contributed by atoms with Crippen LogP contribution in [0.15, 0.2) is 24.3 Å². The van der Waals surface area contributed by atoms with Crippen molar-refractivity contribution in [3.8, 4) is 0 Å². The summed E-state index contributed by atoms with van der Waals surface area (Å²) in [5.74, 6) is -0.174. The van der Waals surface area contributed by atoms with E-state index in [9.17, 15) is 9.18 Å². The minimum absolute atomic E-state index is 0.0908. The molecule has 1 saturated heterocycles. The lowest BCUT2D eigenvalue weighted by Crippen LogP contribution is -2.40. The van der Waals surface area contributed by atoms with Gasteiger partial charge in [0.2, 0.25) is 5.91 Å². The monoisotopic (exact) mass is 307 g/mol. The highest BCUT2D eigenvalue weighted by atomic mass is 19.1. The van der Waals surface area contributed by atoms with E-state index in [-0.39, 0.29) is 17.1 Å². The summed E-state index contributed by atoms with van der Waals surface area (Å²) >= 11 is 0. The van der Waals surface area contributed by atoms with Gasteiger partial charge in [0.05, 0.1) is 6.54 Å². The minimum atomic E-state index is -0.265. The molecule has 1 aromatic rings. The van der Waals surface area contributed by atoms with Crippen molar-refractivity contribution in [2.75, 3.05) is 32.7 Å². The summed E-state index contributed by atoms with van der Waals surface area (Å²) in [4.78, 5) is 16.4. The summed E-state index contributed by atoms with van der Waals surface area (Å²) in [6, 6.07) is 6.42. The third kappa shape index (κ3) is 4.27. The molecule has 0 spiro atoms. The van der Waals surface area contributed by atoms with Gasteiger partial charge in [-0.15, -0.1) is 0 Å². The van der Waals surface area contributed by atoms with Crippen LogP contribution in [-0.4, -0.2) is 48.4 Å². The van der Waals surface area contributed by atoms with Gasteiger partial charge < -0.3 is 10.6 Å². The average Bonchev–Trinajstić information content (AvgIpc) is 2.86. The molecule has 0 saturated carbocycles. The maximum absolute atomic E-state index is 13.3. The molecule has 4 nitrogen and oxygen atoms in total. The van der Waals surface area contributed by atoms with Gasteiger partial charge in [-0.1, -0.05) is 19.1 Å². The quantitative estimate of drug-likeness (QED) is 0.872. The Bertz CT molecular complexity index is 522. The number of likely N-dealkylation sites (N-methyl/N-ethyl adjacent to an activating group) is 1. The Balaban J connectivity index is 1.92. The van der Waals surface area contributed by atoms with Crippen LogP contribution < -0.4 is 5.73 Å². The van der Waals surface area contributed by atoms with Crippen molar-refractivity contribution in [1.29, 1.82) is 0 Å². The highest BCUT2D eigenvalue weighted by Crippen LogP contribution is 2.28. The second-order valence-corrected chi connectivity index (χ2v) is 6.51. The second kappa shape index (κ2) is 7.20. The molecule has 122 valence electrons. The summed E-state index contributed by atoms with van der Waals surface area (Å²) in [7, 11) is 0. The van der Waals surface area contributed by atoms with E-state index in [2.05, 4.69) is 11.8 Å². The van der Waals surface area contributed by atoms with Gasteiger partial charge in [0.25, 0.3) is 0 Å². The van der Waals surface area contributed by atoms with Gasteiger partial charge in [0, 0.05) is 19.6 Å². The molecule has 2 N–H and O–H groups in total. The van der Waals surface area contributed by atoms with Crippen molar-refractivity contribution in [1.82, 2.24) is 9.80 Å². The van der Waals surface area contributed by atoms with Crippen molar-refractivity contribution < 1.29 is 9.18 Å². The minimum Gasteiger partial charge on any atom is -0.338 e. The topological polar surface area (TPSA) is 49.6 Å². The molecular formula is C17H26FN3O.